The number of anilines is 1. The second-order valence-electron chi connectivity index (χ2n) is 5.80. The fourth-order valence-electron chi connectivity index (χ4n) is 2.98. The van der Waals surface area contributed by atoms with Crippen molar-refractivity contribution in [3.8, 4) is 0 Å². The number of Topliss-reactive ketones (excluding diaryl/α,β-unsaturated/α-hetero) is 1. The van der Waals surface area contributed by atoms with Gasteiger partial charge < -0.3 is 4.90 Å². The van der Waals surface area contributed by atoms with E-state index in [1.165, 1.54) is 22.4 Å². The van der Waals surface area contributed by atoms with Gasteiger partial charge in [-0.3, -0.25) is 9.78 Å². The van der Waals surface area contributed by atoms with Gasteiger partial charge in [0.05, 0.1) is 0 Å². The molecule has 0 spiro atoms. The zero-order valence-electron chi connectivity index (χ0n) is 12.6. The van der Waals surface area contributed by atoms with Crippen LogP contribution in [0.25, 0.3) is 0 Å². The van der Waals surface area contributed by atoms with Crippen molar-refractivity contribution in [2.75, 3.05) is 11.4 Å². The fraction of sp³-hybridized carbons (Fsp3) is 0.333. The van der Waals surface area contributed by atoms with Gasteiger partial charge >= 0.3 is 0 Å². The summed E-state index contributed by atoms with van der Waals surface area (Å²) in [6, 6.07) is 8.27. The van der Waals surface area contributed by atoms with Gasteiger partial charge in [0.15, 0.2) is 5.78 Å². The van der Waals surface area contributed by atoms with Gasteiger partial charge in [0.25, 0.3) is 0 Å². The number of benzene rings is 1. The minimum Gasteiger partial charge on any atom is -0.367 e. The van der Waals surface area contributed by atoms with E-state index in [0.29, 0.717) is 0 Å². The predicted molar refractivity (Wildman–Crippen MR) is 84.8 cm³/mol. The maximum Gasteiger partial charge on any atom is 0.159 e. The highest BCUT2D eigenvalue weighted by molar-refractivity contribution is 5.94. The lowest BCUT2D eigenvalue weighted by Crippen LogP contribution is -2.29. The van der Waals surface area contributed by atoms with Gasteiger partial charge in [-0.15, -0.1) is 0 Å². The van der Waals surface area contributed by atoms with E-state index < -0.39 is 0 Å². The molecule has 0 bridgehead atoms. The molecule has 1 aromatic heterocycles. The number of rotatable bonds is 3. The van der Waals surface area contributed by atoms with Crippen LogP contribution in [0.3, 0.4) is 0 Å². The van der Waals surface area contributed by atoms with Gasteiger partial charge in [0, 0.05) is 36.7 Å². The van der Waals surface area contributed by atoms with Gasteiger partial charge in [0.2, 0.25) is 0 Å². The molecular formula is C18H20N2O. The monoisotopic (exact) mass is 280 g/mol. The van der Waals surface area contributed by atoms with Crippen LogP contribution in [0.1, 0.15) is 40.4 Å². The molecule has 108 valence electrons. The zero-order chi connectivity index (χ0) is 14.8. The number of ketones is 1. The molecular weight excluding hydrogens is 260 g/mol. The van der Waals surface area contributed by atoms with E-state index in [4.69, 9.17) is 0 Å². The highest BCUT2D eigenvalue weighted by Gasteiger charge is 2.18. The molecule has 0 saturated carbocycles. The Bertz CT molecular complexity index is 679. The zero-order valence-corrected chi connectivity index (χ0v) is 12.6. The largest absolute Gasteiger partial charge is 0.367 e. The summed E-state index contributed by atoms with van der Waals surface area (Å²) in [7, 11) is 0. The molecule has 3 heteroatoms. The van der Waals surface area contributed by atoms with Crippen molar-refractivity contribution in [3.05, 3.63) is 58.9 Å². The highest BCUT2D eigenvalue weighted by Crippen LogP contribution is 2.29. The Balaban J connectivity index is 1.88. The molecule has 1 aromatic carbocycles. The van der Waals surface area contributed by atoms with Crippen LogP contribution in [0, 0.1) is 6.92 Å². The Morgan fingerprint density at radius 3 is 2.90 bits per heavy atom. The molecule has 2 heterocycles. The minimum absolute atomic E-state index is 0.137. The summed E-state index contributed by atoms with van der Waals surface area (Å²) in [5, 5.41) is 0. The van der Waals surface area contributed by atoms with Crippen LogP contribution in [0.2, 0.25) is 0 Å². The van der Waals surface area contributed by atoms with Crippen LogP contribution in [-0.2, 0) is 13.0 Å². The molecule has 21 heavy (non-hydrogen) atoms. The standard InChI is InChI=1S/C18H20N2O/c1-13-8-15(11-19-10-13)12-20-7-3-4-17-9-16(14(2)21)5-6-18(17)20/h5-6,8-11H,3-4,7,12H2,1-2H3. The van der Waals surface area contributed by atoms with Crippen molar-refractivity contribution in [1.29, 1.82) is 0 Å². The molecule has 0 radical (unpaired) electrons. The number of carbonyl (C=O) groups excluding carboxylic acids is 1. The van der Waals surface area contributed by atoms with Gasteiger partial charge in [-0.25, -0.2) is 0 Å². The van der Waals surface area contributed by atoms with E-state index in [1.807, 2.05) is 18.5 Å². The van der Waals surface area contributed by atoms with Crippen molar-refractivity contribution in [3.63, 3.8) is 0 Å². The molecule has 0 fully saturated rings. The Hall–Kier alpha value is -2.16. The van der Waals surface area contributed by atoms with Gasteiger partial charge in [-0.1, -0.05) is 6.07 Å². The SMILES string of the molecule is CC(=O)c1ccc2c(c1)CCCN2Cc1cncc(C)c1. The molecule has 2 aromatic rings. The molecule has 0 unspecified atom stereocenters. The first kappa shape index (κ1) is 13.8. The van der Waals surface area contributed by atoms with E-state index in [0.717, 1.165) is 31.5 Å². The lowest BCUT2D eigenvalue weighted by molar-refractivity contribution is 0.101. The Labute approximate surface area is 125 Å². The number of aromatic nitrogens is 1. The topological polar surface area (TPSA) is 33.2 Å². The molecule has 0 amide bonds. The summed E-state index contributed by atoms with van der Waals surface area (Å²) >= 11 is 0. The average Bonchev–Trinajstić information content (AvgIpc) is 2.47. The van der Waals surface area contributed by atoms with Crippen LogP contribution in [0.15, 0.2) is 36.7 Å². The van der Waals surface area contributed by atoms with E-state index >= 15 is 0 Å². The van der Waals surface area contributed by atoms with E-state index in [2.05, 4.69) is 35.0 Å². The van der Waals surface area contributed by atoms with Crippen molar-refractivity contribution in [1.82, 2.24) is 4.98 Å². The summed E-state index contributed by atoms with van der Waals surface area (Å²) in [5.41, 5.74) is 5.78. The number of pyridine rings is 1. The third-order valence-corrected chi connectivity index (χ3v) is 4.01. The number of hydrogen-bond acceptors (Lipinski definition) is 3. The van der Waals surface area contributed by atoms with Crippen LogP contribution in [-0.4, -0.2) is 17.3 Å². The summed E-state index contributed by atoms with van der Waals surface area (Å²) < 4.78 is 0. The van der Waals surface area contributed by atoms with Crippen molar-refractivity contribution in [2.24, 2.45) is 0 Å². The fourth-order valence-corrected chi connectivity index (χ4v) is 2.98. The average molecular weight is 280 g/mol. The Kier molecular flexibility index (Phi) is 3.74. The molecule has 1 aliphatic heterocycles. The number of aryl methyl sites for hydroxylation is 2. The van der Waals surface area contributed by atoms with Crippen molar-refractivity contribution in [2.45, 2.75) is 33.2 Å². The van der Waals surface area contributed by atoms with Crippen LogP contribution < -0.4 is 4.90 Å². The van der Waals surface area contributed by atoms with E-state index in [1.54, 1.807) is 6.92 Å². The van der Waals surface area contributed by atoms with Crippen LogP contribution in [0.5, 0.6) is 0 Å². The maximum atomic E-state index is 11.5. The third kappa shape index (κ3) is 2.97. The number of carbonyl (C=O) groups is 1. The van der Waals surface area contributed by atoms with E-state index in [9.17, 15) is 4.79 Å². The van der Waals surface area contributed by atoms with Crippen molar-refractivity contribution >= 4 is 11.5 Å². The molecule has 0 atom stereocenters. The number of nitrogens with zero attached hydrogens (tertiary/aromatic N) is 2. The minimum atomic E-state index is 0.137. The normalized spacial score (nSPS) is 13.9. The first-order chi connectivity index (χ1) is 10.1. The first-order valence-electron chi connectivity index (χ1n) is 7.43. The molecule has 0 saturated heterocycles. The van der Waals surface area contributed by atoms with Gasteiger partial charge in [-0.2, -0.15) is 0 Å². The Morgan fingerprint density at radius 2 is 2.14 bits per heavy atom. The maximum absolute atomic E-state index is 11.5. The molecule has 1 aliphatic rings. The summed E-state index contributed by atoms with van der Waals surface area (Å²) in [5.74, 6) is 0.137. The second-order valence-corrected chi connectivity index (χ2v) is 5.80. The Morgan fingerprint density at radius 1 is 1.29 bits per heavy atom. The lowest BCUT2D eigenvalue weighted by Gasteiger charge is -2.31. The summed E-state index contributed by atoms with van der Waals surface area (Å²) in [6.07, 6.45) is 6.00. The second kappa shape index (κ2) is 5.68. The van der Waals surface area contributed by atoms with Gasteiger partial charge in [0.1, 0.15) is 0 Å². The lowest BCUT2D eigenvalue weighted by atomic mass is 9.97. The number of fused-ring (bicyclic) bond motifs is 1. The van der Waals surface area contributed by atoms with Gasteiger partial charge in [-0.05, 0) is 61.6 Å². The van der Waals surface area contributed by atoms with Crippen LogP contribution in [0.4, 0.5) is 5.69 Å². The summed E-state index contributed by atoms with van der Waals surface area (Å²) in [4.78, 5) is 18.2. The first-order valence-corrected chi connectivity index (χ1v) is 7.43. The molecule has 0 aliphatic carbocycles. The molecule has 3 nitrogen and oxygen atoms in total. The molecule has 3 rings (SSSR count). The number of hydrogen-bond donors (Lipinski definition) is 0. The smallest absolute Gasteiger partial charge is 0.159 e. The predicted octanol–water partition coefficient (Wildman–Crippen LogP) is 3.55. The summed E-state index contributed by atoms with van der Waals surface area (Å²) in [6.45, 7) is 5.63. The van der Waals surface area contributed by atoms with E-state index in [-0.39, 0.29) is 5.78 Å². The van der Waals surface area contributed by atoms with Crippen LogP contribution >= 0.6 is 0 Å². The molecule has 0 N–H and O–H groups in total. The van der Waals surface area contributed by atoms with Crippen molar-refractivity contribution < 1.29 is 4.79 Å². The third-order valence-electron chi connectivity index (χ3n) is 4.01. The highest BCUT2D eigenvalue weighted by atomic mass is 16.1. The quantitative estimate of drug-likeness (QED) is 0.806.